The van der Waals surface area contributed by atoms with Crippen molar-refractivity contribution in [3.8, 4) is 0 Å². The first-order chi connectivity index (χ1) is 9.78. The van der Waals surface area contributed by atoms with Crippen LogP contribution in [0.4, 0.5) is 4.39 Å². The van der Waals surface area contributed by atoms with E-state index in [1.54, 1.807) is 12.1 Å². The maximum absolute atomic E-state index is 13.5. The Labute approximate surface area is 119 Å². The van der Waals surface area contributed by atoms with Crippen LogP contribution in [0.1, 0.15) is 30.4 Å². The third kappa shape index (κ3) is 2.00. The van der Waals surface area contributed by atoms with Crippen molar-refractivity contribution in [3.05, 3.63) is 46.8 Å². The summed E-state index contributed by atoms with van der Waals surface area (Å²) >= 11 is 0. The van der Waals surface area contributed by atoms with Crippen LogP contribution in [0.25, 0.3) is 0 Å². The molecular formula is C17H21FN2. The highest BCUT2D eigenvalue weighted by atomic mass is 19.1. The van der Waals surface area contributed by atoms with E-state index < -0.39 is 0 Å². The van der Waals surface area contributed by atoms with Gasteiger partial charge in [-0.3, -0.25) is 0 Å². The molecule has 2 atom stereocenters. The molecule has 3 aliphatic rings. The third-order valence-electron chi connectivity index (χ3n) is 5.26. The normalized spacial score (nSPS) is 31.2. The molecule has 1 aromatic carbocycles. The molecule has 0 aromatic heterocycles. The summed E-state index contributed by atoms with van der Waals surface area (Å²) in [6.45, 7) is 3.09. The number of nitrogens with one attached hydrogen (secondary N) is 2. The molecule has 3 heteroatoms. The molecule has 0 saturated heterocycles. The largest absolute Gasteiger partial charge is 0.313 e. The first-order valence-corrected chi connectivity index (χ1v) is 7.69. The quantitative estimate of drug-likeness (QED) is 0.825. The molecule has 20 heavy (non-hydrogen) atoms. The van der Waals surface area contributed by atoms with Crippen LogP contribution in [-0.2, 0) is 11.8 Å². The van der Waals surface area contributed by atoms with Gasteiger partial charge in [0.05, 0.1) is 0 Å². The average molecular weight is 272 g/mol. The van der Waals surface area contributed by atoms with Gasteiger partial charge in [-0.1, -0.05) is 17.7 Å². The van der Waals surface area contributed by atoms with Crippen molar-refractivity contribution in [3.63, 3.8) is 0 Å². The maximum Gasteiger partial charge on any atom is 0.123 e. The lowest BCUT2D eigenvalue weighted by Crippen LogP contribution is -2.29. The standard InChI is InChI=1S/C17H21FN2/c18-14-2-1-13-3-6-17(15(13)9-14)10-16(17)20-11-12-4-7-19-8-5-12/h1-2,4,9,16,19-20H,3,5-8,10-11H2. The van der Waals surface area contributed by atoms with E-state index >= 15 is 0 Å². The van der Waals surface area contributed by atoms with Crippen LogP contribution in [-0.4, -0.2) is 25.7 Å². The summed E-state index contributed by atoms with van der Waals surface area (Å²) in [5.74, 6) is -0.0864. The summed E-state index contributed by atoms with van der Waals surface area (Å²) < 4.78 is 13.5. The molecule has 2 aliphatic carbocycles. The fraction of sp³-hybridized carbons (Fsp3) is 0.529. The lowest BCUT2D eigenvalue weighted by molar-refractivity contribution is 0.571. The Morgan fingerprint density at radius 3 is 3.15 bits per heavy atom. The molecule has 106 valence electrons. The predicted molar refractivity (Wildman–Crippen MR) is 78.4 cm³/mol. The van der Waals surface area contributed by atoms with Crippen LogP contribution in [0.3, 0.4) is 0 Å². The number of hydrogen-bond donors (Lipinski definition) is 2. The lowest BCUT2D eigenvalue weighted by Gasteiger charge is -2.16. The number of benzene rings is 1. The molecule has 2 unspecified atom stereocenters. The van der Waals surface area contributed by atoms with Gasteiger partial charge in [0, 0.05) is 24.5 Å². The van der Waals surface area contributed by atoms with Gasteiger partial charge in [-0.2, -0.15) is 0 Å². The molecule has 1 aliphatic heterocycles. The zero-order chi connectivity index (χ0) is 13.6. The molecule has 4 rings (SSSR count). The summed E-state index contributed by atoms with van der Waals surface area (Å²) in [4.78, 5) is 0. The van der Waals surface area contributed by atoms with E-state index in [1.807, 2.05) is 6.07 Å². The van der Waals surface area contributed by atoms with Crippen LogP contribution in [0, 0.1) is 5.82 Å². The molecule has 0 radical (unpaired) electrons. The van der Waals surface area contributed by atoms with Gasteiger partial charge in [-0.25, -0.2) is 4.39 Å². The first-order valence-electron chi connectivity index (χ1n) is 7.69. The highest BCUT2D eigenvalue weighted by Gasteiger charge is 2.57. The second-order valence-corrected chi connectivity index (χ2v) is 6.41. The van der Waals surface area contributed by atoms with Gasteiger partial charge in [0.25, 0.3) is 0 Å². The molecule has 1 spiro atoms. The van der Waals surface area contributed by atoms with Gasteiger partial charge < -0.3 is 10.6 Å². The summed E-state index contributed by atoms with van der Waals surface area (Å²) in [6.07, 6.45) is 6.92. The Morgan fingerprint density at radius 2 is 2.30 bits per heavy atom. The van der Waals surface area contributed by atoms with Gasteiger partial charge in [0.15, 0.2) is 0 Å². The van der Waals surface area contributed by atoms with Crippen molar-refractivity contribution in [2.75, 3.05) is 19.6 Å². The number of aryl methyl sites for hydroxylation is 1. The molecule has 0 amide bonds. The fourth-order valence-electron chi connectivity index (χ4n) is 3.95. The smallest absolute Gasteiger partial charge is 0.123 e. The lowest BCUT2D eigenvalue weighted by atomic mass is 9.97. The second kappa shape index (κ2) is 4.68. The van der Waals surface area contributed by atoms with Crippen molar-refractivity contribution in [2.24, 2.45) is 0 Å². The zero-order valence-electron chi connectivity index (χ0n) is 11.7. The maximum atomic E-state index is 13.5. The van der Waals surface area contributed by atoms with Crippen molar-refractivity contribution in [1.82, 2.24) is 10.6 Å². The number of hydrogen-bond acceptors (Lipinski definition) is 2. The minimum atomic E-state index is -0.0864. The molecule has 1 fully saturated rings. The number of halogens is 1. The van der Waals surface area contributed by atoms with Gasteiger partial charge >= 0.3 is 0 Å². The second-order valence-electron chi connectivity index (χ2n) is 6.41. The van der Waals surface area contributed by atoms with E-state index in [2.05, 4.69) is 16.7 Å². The fourth-order valence-corrected chi connectivity index (χ4v) is 3.95. The SMILES string of the molecule is Fc1ccc2c(c1)C1(CC2)CC1NCC1=CCNCC1. The predicted octanol–water partition coefficient (Wildman–Crippen LogP) is 2.29. The Morgan fingerprint density at radius 1 is 1.35 bits per heavy atom. The highest BCUT2D eigenvalue weighted by Crippen LogP contribution is 2.56. The van der Waals surface area contributed by atoms with Gasteiger partial charge in [-0.05, 0) is 55.5 Å². The van der Waals surface area contributed by atoms with Gasteiger partial charge in [0.1, 0.15) is 5.82 Å². The van der Waals surface area contributed by atoms with E-state index in [1.165, 1.54) is 29.5 Å². The van der Waals surface area contributed by atoms with Crippen molar-refractivity contribution >= 4 is 0 Å². The first kappa shape index (κ1) is 12.5. The Kier molecular flexibility index (Phi) is 2.93. The van der Waals surface area contributed by atoms with Gasteiger partial charge in [-0.15, -0.1) is 0 Å². The summed E-state index contributed by atoms with van der Waals surface area (Å²) in [5, 5.41) is 7.04. The molecule has 2 nitrogen and oxygen atoms in total. The third-order valence-corrected chi connectivity index (χ3v) is 5.26. The minimum absolute atomic E-state index is 0.0864. The highest BCUT2D eigenvalue weighted by molar-refractivity contribution is 5.47. The van der Waals surface area contributed by atoms with Crippen molar-refractivity contribution in [2.45, 2.75) is 37.1 Å². The summed E-state index contributed by atoms with van der Waals surface area (Å²) in [6, 6.07) is 5.89. The molecule has 0 bridgehead atoms. The number of rotatable bonds is 3. The molecule has 1 aromatic rings. The average Bonchev–Trinajstić information content (AvgIpc) is 3.08. The van der Waals surface area contributed by atoms with Crippen molar-refractivity contribution < 1.29 is 4.39 Å². The molecule has 1 saturated carbocycles. The Hall–Kier alpha value is -1.19. The van der Waals surface area contributed by atoms with Crippen LogP contribution >= 0.6 is 0 Å². The molecular weight excluding hydrogens is 251 g/mol. The summed E-state index contributed by atoms with van der Waals surface area (Å²) in [7, 11) is 0. The van der Waals surface area contributed by atoms with E-state index in [0.29, 0.717) is 6.04 Å². The topological polar surface area (TPSA) is 24.1 Å². The number of fused-ring (bicyclic) bond motifs is 2. The van der Waals surface area contributed by atoms with E-state index in [4.69, 9.17) is 0 Å². The van der Waals surface area contributed by atoms with Crippen molar-refractivity contribution in [1.29, 1.82) is 0 Å². The van der Waals surface area contributed by atoms with E-state index in [0.717, 1.165) is 32.5 Å². The zero-order valence-corrected chi connectivity index (χ0v) is 11.7. The Bertz CT molecular complexity index is 566. The summed E-state index contributed by atoms with van der Waals surface area (Å²) in [5.41, 5.74) is 4.39. The van der Waals surface area contributed by atoms with Crippen LogP contribution < -0.4 is 10.6 Å². The molecule has 2 N–H and O–H groups in total. The van der Waals surface area contributed by atoms with Crippen LogP contribution in [0.15, 0.2) is 29.8 Å². The van der Waals surface area contributed by atoms with E-state index in [-0.39, 0.29) is 11.2 Å². The minimum Gasteiger partial charge on any atom is -0.313 e. The van der Waals surface area contributed by atoms with Crippen LogP contribution in [0.5, 0.6) is 0 Å². The van der Waals surface area contributed by atoms with Crippen LogP contribution in [0.2, 0.25) is 0 Å². The molecule has 1 heterocycles. The van der Waals surface area contributed by atoms with Gasteiger partial charge in [0.2, 0.25) is 0 Å². The Balaban J connectivity index is 1.45. The monoisotopic (exact) mass is 272 g/mol. The van der Waals surface area contributed by atoms with E-state index in [9.17, 15) is 4.39 Å².